The summed E-state index contributed by atoms with van der Waals surface area (Å²) < 4.78 is 68.7. The predicted molar refractivity (Wildman–Crippen MR) is 172 cm³/mol. The third-order valence-corrected chi connectivity index (χ3v) is 13.6. The minimum Gasteiger partial charge on any atom is -0.508 e. The van der Waals surface area contributed by atoms with E-state index in [1.54, 1.807) is 0 Å². The Morgan fingerprint density at radius 1 is 0.891 bits per heavy atom. The number of aryl methyl sites for hydroxylation is 1. The Hall–Kier alpha value is -2.00. The van der Waals surface area contributed by atoms with Gasteiger partial charge in [0.25, 0.3) is 0 Å². The molecule has 3 saturated carbocycles. The van der Waals surface area contributed by atoms with Crippen LogP contribution in [0, 0.1) is 16.7 Å². The van der Waals surface area contributed by atoms with Crippen LogP contribution in [0.2, 0.25) is 0 Å². The molecule has 2 N–H and O–H groups in total. The number of aliphatic hydroxyl groups is 1. The van der Waals surface area contributed by atoms with Crippen LogP contribution in [-0.4, -0.2) is 46.0 Å². The van der Waals surface area contributed by atoms with Gasteiger partial charge in [0, 0.05) is 11.8 Å². The van der Waals surface area contributed by atoms with Gasteiger partial charge >= 0.3 is 12.1 Å². The summed E-state index contributed by atoms with van der Waals surface area (Å²) in [5, 5.41) is 22.1. The van der Waals surface area contributed by atoms with Crippen LogP contribution in [-0.2, 0) is 6.42 Å². The van der Waals surface area contributed by atoms with Crippen LogP contribution in [0.25, 0.3) is 0 Å². The van der Waals surface area contributed by atoms with Crippen molar-refractivity contribution < 1.29 is 36.9 Å². The number of benzene rings is 2. The van der Waals surface area contributed by atoms with Gasteiger partial charge in [0.05, 0.1) is 12.2 Å². The van der Waals surface area contributed by atoms with Gasteiger partial charge in [-0.3, -0.25) is 0 Å². The fourth-order valence-electron chi connectivity index (χ4n) is 10.0. The lowest BCUT2D eigenvalue weighted by molar-refractivity contribution is -0.284. The fraction of sp³-hybridized carbons (Fsp3) is 0.676. The molecule has 0 heterocycles. The number of phenolic OH excluding ortho intramolecular Hbond substituents is 1. The van der Waals surface area contributed by atoms with Crippen LogP contribution in [0.5, 0.6) is 11.5 Å². The van der Waals surface area contributed by atoms with Gasteiger partial charge in [-0.05, 0) is 140 Å². The number of fused-ring (bicyclic) bond motifs is 3. The third-order valence-electron chi connectivity index (χ3n) is 12.5. The van der Waals surface area contributed by atoms with Gasteiger partial charge in [-0.15, -0.1) is 0 Å². The summed E-state index contributed by atoms with van der Waals surface area (Å²) in [5.41, 5.74) is 3.42. The number of phenols is 1. The first kappa shape index (κ1) is 33.9. The van der Waals surface area contributed by atoms with Crippen molar-refractivity contribution in [3.8, 4) is 11.5 Å². The van der Waals surface area contributed by atoms with Gasteiger partial charge in [-0.2, -0.15) is 33.7 Å². The molecular formula is C37H47F5O3S. The van der Waals surface area contributed by atoms with Crippen molar-refractivity contribution in [2.45, 2.75) is 120 Å². The number of rotatable bonds is 13. The van der Waals surface area contributed by atoms with E-state index in [0.29, 0.717) is 29.9 Å². The summed E-state index contributed by atoms with van der Waals surface area (Å²) in [7, 11) is 0. The molecule has 0 aliphatic heterocycles. The molecule has 4 aliphatic rings. The second-order valence-corrected chi connectivity index (χ2v) is 15.9. The van der Waals surface area contributed by atoms with Crippen molar-refractivity contribution in [1.29, 1.82) is 0 Å². The lowest BCUT2D eigenvalue weighted by Crippen LogP contribution is -2.54. The maximum absolute atomic E-state index is 13.0. The maximum atomic E-state index is 13.0. The van der Waals surface area contributed by atoms with Crippen molar-refractivity contribution in [2.24, 2.45) is 16.7 Å². The molecule has 0 aromatic heterocycles. The SMILES string of the molecule is C[C@]12C[C@H](c3ccc(OCCCCCCSCCCC(F)(F)C(F)(F)F)cc3)[C@@H]3c4ccc(O)cc4CC[C@H]3[C@]13CC[C@]2(O)CC3. The molecule has 9 heteroatoms. The first-order valence-electron chi connectivity index (χ1n) is 17.1. The molecule has 0 radical (unpaired) electrons. The summed E-state index contributed by atoms with van der Waals surface area (Å²) in [5.74, 6) is -1.21. The molecule has 6 rings (SSSR count). The number of unbranched alkanes of at least 4 members (excludes halogenated alkanes) is 3. The van der Waals surface area contributed by atoms with E-state index in [2.05, 4.69) is 37.3 Å². The summed E-state index contributed by atoms with van der Waals surface area (Å²) >= 11 is 1.43. The average Bonchev–Trinajstić information content (AvgIpc) is 3.38. The number of aromatic hydroxyl groups is 1. The summed E-state index contributed by atoms with van der Waals surface area (Å²) in [4.78, 5) is 0. The minimum absolute atomic E-state index is 0.101. The molecule has 0 spiro atoms. The van der Waals surface area contributed by atoms with Gasteiger partial charge < -0.3 is 14.9 Å². The monoisotopic (exact) mass is 666 g/mol. The molecule has 0 saturated heterocycles. The Labute approximate surface area is 273 Å². The first-order valence-corrected chi connectivity index (χ1v) is 18.3. The number of hydrogen-bond donors (Lipinski definition) is 2. The largest absolute Gasteiger partial charge is 0.508 e. The topological polar surface area (TPSA) is 49.7 Å². The Balaban J connectivity index is 1.00. The van der Waals surface area contributed by atoms with E-state index < -0.39 is 24.1 Å². The summed E-state index contributed by atoms with van der Waals surface area (Å²) in [6, 6.07) is 14.5. The predicted octanol–water partition coefficient (Wildman–Crippen LogP) is 10.2. The smallest absolute Gasteiger partial charge is 0.453 e. The quantitative estimate of drug-likeness (QED) is 0.165. The molecule has 0 amide bonds. The van der Waals surface area contributed by atoms with E-state index >= 15 is 0 Å². The molecular weight excluding hydrogens is 619 g/mol. The minimum atomic E-state index is -5.46. The van der Waals surface area contributed by atoms with Gasteiger partial charge in [-0.25, -0.2) is 0 Å². The zero-order valence-corrected chi connectivity index (χ0v) is 27.5. The van der Waals surface area contributed by atoms with Crippen LogP contribution < -0.4 is 4.74 Å². The number of thioether (sulfide) groups is 1. The van der Waals surface area contributed by atoms with Gasteiger partial charge in [-0.1, -0.05) is 38.0 Å². The summed E-state index contributed by atoms with van der Waals surface area (Å²) in [6.45, 7) is 2.97. The molecule has 3 fully saturated rings. The number of ether oxygens (including phenoxy) is 1. The highest BCUT2D eigenvalue weighted by molar-refractivity contribution is 7.99. The Morgan fingerprint density at radius 3 is 2.30 bits per heavy atom. The average molecular weight is 667 g/mol. The third kappa shape index (κ3) is 5.94. The van der Waals surface area contributed by atoms with Crippen molar-refractivity contribution >= 4 is 11.8 Å². The van der Waals surface area contributed by atoms with Crippen LogP contribution in [0.4, 0.5) is 22.0 Å². The van der Waals surface area contributed by atoms with Crippen LogP contribution in [0.15, 0.2) is 42.5 Å². The van der Waals surface area contributed by atoms with Crippen molar-refractivity contribution in [2.75, 3.05) is 18.1 Å². The molecule has 46 heavy (non-hydrogen) atoms. The second-order valence-electron chi connectivity index (χ2n) is 14.6. The Kier molecular flexibility index (Phi) is 9.42. The van der Waals surface area contributed by atoms with E-state index in [4.69, 9.17) is 4.74 Å². The standard InChI is InChI=1S/C37H47F5O3S/c1-33-24-30(32-29-13-10-27(43)23-26(29)9-14-31(32)34(33)16-18-35(33,44)19-17-34)25-7-11-28(12-8-25)45-20-4-2-3-5-21-46-22-6-15-36(38,39)37(40,41)42/h7-8,10-13,23,30-32,43-44H,2-6,9,14-22,24H2,1H3/t30-,31-,32+,33+,34-,35+/m1/s1. The van der Waals surface area contributed by atoms with E-state index in [-0.39, 0.29) is 23.2 Å². The zero-order chi connectivity index (χ0) is 32.8. The van der Waals surface area contributed by atoms with Crippen LogP contribution in [0.1, 0.15) is 112 Å². The van der Waals surface area contributed by atoms with Gasteiger partial charge in [0.2, 0.25) is 0 Å². The van der Waals surface area contributed by atoms with Gasteiger partial charge in [0.15, 0.2) is 0 Å². The zero-order valence-electron chi connectivity index (χ0n) is 26.7. The number of hydrogen-bond acceptors (Lipinski definition) is 4. The highest BCUT2D eigenvalue weighted by Crippen LogP contribution is 2.79. The maximum Gasteiger partial charge on any atom is 0.453 e. The fourth-order valence-corrected chi connectivity index (χ4v) is 11.0. The van der Waals surface area contributed by atoms with Crippen molar-refractivity contribution in [3.05, 3.63) is 59.2 Å². The van der Waals surface area contributed by atoms with Crippen LogP contribution in [0.3, 0.4) is 0 Å². The number of alkyl halides is 5. The van der Waals surface area contributed by atoms with E-state index in [0.717, 1.165) is 82.1 Å². The second kappa shape index (κ2) is 12.8. The van der Waals surface area contributed by atoms with E-state index in [1.165, 1.54) is 28.5 Å². The highest BCUT2D eigenvalue weighted by atomic mass is 32.2. The van der Waals surface area contributed by atoms with Crippen molar-refractivity contribution in [1.82, 2.24) is 0 Å². The molecule has 0 unspecified atom stereocenters. The Morgan fingerprint density at radius 2 is 1.59 bits per heavy atom. The van der Waals surface area contributed by atoms with E-state index in [1.807, 2.05) is 12.1 Å². The molecule has 254 valence electrons. The highest BCUT2D eigenvalue weighted by Gasteiger charge is 2.74. The summed E-state index contributed by atoms with van der Waals surface area (Å²) in [6.07, 6.45) is 4.03. The molecule has 3 nitrogen and oxygen atoms in total. The molecule has 2 aromatic rings. The lowest BCUT2D eigenvalue weighted by Gasteiger charge is -2.59. The first-order chi connectivity index (χ1) is 21.8. The Bertz CT molecular complexity index is 1350. The lowest BCUT2D eigenvalue weighted by atomic mass is 9.45. The normalized spacial score (nSPS) is 31.8. The van der Waals surface area contributed by atoms with Crippen LogP contribution >= 0.6 is 11.8 Å². The molecule has 2 bridgehead atoms. The van der Waals surface area contributed by atoms with Gasteiger partial charge in [0.1, 0.15) is 11.5 Å². The van der Waals surface area contributed by atoms with E-state index in [9.17, 15) is 32.2 Å². The molecule has 4 atom stereocenters. The van der Waals surface area contributed by atoms with Crippen molar-refractivity contribution in [3.63, 3.8) is 0 Å². The molecule has 2 aromatic carbocycles. The number of halogens is 5. The molecule has 4 aliphatic carbocycles.